The summed E-state index contributed by atoms with van der Waals surface area (Å²) in [7, 11) is 0. The third-order valence-corrected chi connectivity index (χ3v) is 2.43. The molecule has 0 spiro atoms. The van der Waals surface area contributed by atoms with Crippen LogP contribution in [0, 0.1) is 5.41 Å². The summed E-state index contributed by atoms with van der Waals surface area (Å²) in [4.78, 5) is 0. The molecule has 1 rings (SSSR count). The lowest BCUT2D eigenvalue weighted by atomic mass is 9.91. The van der Waals surface area contributed by atoms with Gasteiger partial charge in [-0.2, -0.15) is 0 Å². The fourth-order valence-corrected chi connectivity index (χ4v) is 1.75. The lowest BCUT2D eigenvalue weighted by molar-refractivity contribution is 0.389. The van der Waals surface area contributed by atoms with Crippen molar-refractivity contribution >= 4 is 0 Å². The van der Waals surface area contributed by atoms with Gasteiger partial charge in [0.25, 0.3) is 0 Å². The molecule has 1 saturated carbocycles. The molecule has 1 fully saturated rings. The Labute approximate surface area is 69.7 Å². The van der Waals surface area contributed by atoms with Crippen molar-refractivity contribution in [3.8, 4) is 0 Å². The van der Waals surface area contributed by atoms with Gasteiger partial charge in [-0.3, -0.25) is 0 Å². The van der Waals surface area contributed by atoms with Crippen molar-refractivity contribution in [2.24, 2.45) is 11.1 Å². The van der Waals surface area contributed by atoms with Crippen LogP contribution in [-0.4, -0.2) is 6.54 Å². The molecule has 0 saturated heterocycles. The summed E-state index contributed by atoms with van der Waals surface area (Å²) in [5.41, 5.74) is 7.61. The zero-order valence-electron chi connectivity index (χ0n) is 7.69. The molecule has 11 heavy (non-hydrogen) atoms. The highest BCUT2D eigenvalue weighted by Gasteiger charge is 2.25. The standard InChI is InChI=1S/C10H19N/c1-10(2)6-5-9(8-10)4-3-7-11/h4H,3,5-8,11H2,1-2H3. The average Bonchev–Trinajstić information content (AvgIpc) is 2.26. The Morgan fingerprint density at radius 1 is 1.55 bits per heavy atom. The number of hydrogen-bond donors (Lipinski definition) is 1. The maximum Gasteiger partial charge on any atom is -0.00425 e. The van der Waals surface area contributed by atoms with Gasteiger partial charge in [-0.25, -0.2) is 0 Å². The van der Waals surface area contributed by atoms with Crippen LogP contribution < -0.4 is 5.73 Å². The highest BCUT2D eigenvalue weighted by molar-refractivity contribution is 5.10. The molecular formula is C10H19N. The van der Waals surface area contributed by atoms with Crippen LogP contribution in [0.5, 0.6) is 0 Å². The van der Waals surface area contributed by atoms with Crippen molar-refractivity contribution in [1.29, 1.82) is 0 Å². The molecule has 2 N–H and O–H groups in total. The minimum atomic E-state index is 0.556. The first-order valence-corrected chi connectivity index (χ1v) is 4.52. The van der Waals surface area contributed by atoms with Crippen molar-refractivity contribution in [2.45, 2.75) is 39.5 Å². The van der Waals surface area contributed by atoms with E-state index in [1.165, 1.54) is 19.3 Å². The van der Waals surface area contributed by atoms with Crippen molar-refractivity contribution in [1.82, 2.24) is 0 Å². The van der Waals surface area contributed by atoms with E-state index in [1.807, 2.05) is 0 Å². The van der Waals surface area contributed by atoms with Crippen LogP contribution in [0.25, 0.3) is 0 Å². The Bertz CT molecular complexity index is 156. The Morgan fingerprint density at radius 2 is 2.27 bits per heavy atom. The molecule has 0 radical (unpaired) electrons. The van der Waals surface area contributed by atoms with E-state index in [2.05, 4.69) is 19.9 Å². The van der Waals surface area contributed by atoms with E-state index in [9.17, 15) is 0 Å². The van der Waals surface area contributed by atoms with Crippen LogP contribution in [0.15, 0.2) is 11.6 Å². The number of allylic oxidation sites excluding steroid dienone is 1. The lowest BCUT2D eigenvalue weighted by Crippen LogP contribution is -2.02. The van der Waals surface area contributed by atoms with Crippen molar-refractivity contribution in [3.63, 3.8) is 0 Å². The van der Waals surface area contributed by atoms with Gasteiger partial charge in [0.15, 0.2) is 0 Å². The molecule has 0 heterocycles. The van der Waals surface area contributed by atoms with Crippen LogP contribution in [0.4, 0.5) is 0 Å². The van der Waals surface area contributed by atoms with Gasteiger partial charge in [-0.05, 0) is 37.6 Å². The molecular weight excluding hydrogens is 134 g/mol. The van der Waals surface area contributed by atoms with E-state index in [1.54, 1.807) is 5.57 Å². The van der Waals surface area contributed by atoms with Gasteiger partial charge < -0.3 is 5.73 Å². The second kappa shape index (κ2) is 3.40. The van der Waals surface area contributed by atoms with Crippen LogP contribution in [0.3, 0.4) is 0 Å². The monoisotopic (exact) mass is 153 g/mol. The molecule has 0 aromatic heterocycles. The number of rotatable bonds is 2. The molecule has 0 amide bonds. The second-order valence-corrected chi connectivity index (χ2v) is 4.28. The van der Waals surface area contributed by atoms with Gasteiger partial charge in [-0.1, -0.05) is 25.5 Å². The largest absolute Gasteiger partial charge is 0.330 e. The minimum absolute atomic E-state index is 0.556. The van der Waals surface area contributed by atoms with Gasteiger partial charge in [0.05, 0.1) is 0 Å². The predicted octanol–water partition coefficient (Wildman–Crippen LogP) is 2.47. The van der Waals surface area contributed by atoms with Crippen molar-refractivity contribution < 1.29 is 0 Å². The summed E-state index contributed by atoms with van der Waals surface area (Å²) in [6.45, 7) is 5.48. The summed E-state index contributed by atoms with van der Waals surface area (Å²) in [6.07, 6.45) is 7.32. The normalized spacial score (nSPS) is 26.3. The van der Waals surface area contributed by atoms with Gasteiger partial charge in [-0.15, -0.1) is 0 Å². The SMILES string of the molecule is CC1(C)CCC(=CCCN)C1. The van der Waals surface area contributed by atoms with Crippen molar-refractivity contribution in [2.75, 3.05) is 6.54 Å². The molecule has 0 aliphatic heterocycles. The highest BCUT2D eigenvalue weighted by atomic mass is 14.5. The van der Waals surface area contributed by atoms with E-state index in [4.69, 9.17) is 5.73 Å². The van der Waals surface area contributed by atoms with E-state index < -0.39 is 0 Å². The van der Waals surface area contributed by atoms with Crippen molar-refractivity contribution in [3.05, 3.63) is 11.6 Å². The first-order chi connectivity index (χ1) is 5.14. The van der Waals surface area contributed by atoms with E-state index in [0.29, 0.717) is 5.41 Å². The first-order valence-electron chi connectivity index (χ1n) is 4.52. The fraction of sp³-hybridized carbons (Fsp3) is 0.800. The third-order valence-electron chi connectivity index (χ3n) is 2.43. The molecule has 0 aromatic carbocycles. The smallest absolute Gasteiger partial charge is 0.00425 e. The summed E-state index contributed by atoms with van der Waals surface area (Å²) >= 11 is 0. The minimum Gasteiger partial charge on any atom is -0.330 e. The Kier molecular flexibility index (Phi) is 2.72. The molecule has 1 nitrogen and oxygen atoms in total. The second-order valence-electron chi connectivity index (χ2n) is 4.28. The van der Waals surface area contributed by atoms with E-state index in [0.717, 1.165) is 13.0 Å². The maximum atomic E-state index is 5.43. The summed E-state index contributed by atoms with van der Waals surface area (Å²) in [5.74, 6) is 0. The maximum absolute atomic E-state index is 5.43. The third kappa shape index (κ3) is 2.66. The highest BCUT2D eigenvalue weighted by Crippen LogP contribution is 2.40. The molecule has 1 heteroatoms. The molecule has 0 atom stereocenters. The molecule has 1 aliphatic rings. The number of nitrogens with two attached hydrogens (primary N) is 1. The topological polar surface area (TPSA) is 26.0 Å². The quantitative estimate of drug-likeness (QED) is 0.606. The zero-order valence-corrected chi connectivity index (χ0v) is 7.69. The van der Waals surface area contributed by atoms with E-state index >= 15 is 0 Å². The molecule has 64 valence electrons. The van der Waals surface area contributed by atoms with Gasteiger partial charge in [0.2, 0.25) is 0 Å². The molecule has 1 aliphatic carbocycles. The first kappa shape index (κ1) is 8.79. The zero-order chi connectivity index (χ0) is 8.32. The molecule has 0 aromatic rings. The lowest BCUT2D eigenvalue weighted by Gasteiger charge is -2.14. The fourth-order valence-electron chi connectivity index (χ4n) is 1.75. The van der Waals surface area contributed by atoms with Gasteiger partial charge >= 0.3 is 0 Å². The van der Waals surface area contributed by atoms with Gasteiger partial charge in [0, 0.05) is 0 Å². The Morgan fingerprint density at radius 3 is 2.73 bits per heavy atom. The van der Waals surface area contributed by atoms with Gasteiger partial charge in [0.1, 0.15) is 0 Å². The molecule has 0 unspecified atom stereocenters. The Balaban J connectivity index is 2.41. The summed E-state index contributed by atoms with van der Waals surface area (Å²) < 4.78 is 0. The average molecular weight is 153 g/mol. The summed E-state index contributed by atoms with van der Waals surface area (Å²) in [6, 6.07) is 0. The molecule has 0 bridgehead atoms. The predicted molar refractivity (Wildman–Crippen MR) is 49.4 cm³/mol. The number of hydrogen-bond acceptors (Lipinski definition) is 1. The van der Waals surface area contributed by atoms with Crippen LogP contribution in [0.1, 0.15) is 39.5 Å². The van der Waals surface area contributed by atoms with Crippen LogP contribution in [0.2, 0.25) is 0 Å². The summed E-state index contributed by atoms with van der Waals surface area (Å²) in [5, 5.41) is 0. The van der Waals surface area contributed by atoms with E-state index in [-0.39, 0.29) is 0 Å². The Hall–Kier alpha value is -0.300. The van der Waals surface area contributed by atoms with Crippen LogP contribution >= 0.6 is 0 Å². The van der Waals surface area contributed by atoms with Crippen LogP contribution in [-0.2, 0) is 0 Å².